The number of carbonyl (C=O) groups is 1. The van der Waals surface area contributed by atoms with E-state index < -0.39 is 0 Å². The maximum absolute atomic E-state index is 10.8. The summed E-state index contributed by atoms with van der Waals surface area (Å²) in [5.74, 6) is 1.34. The third-order valence-electron chi connectivity index (χ3n) is 3.01. The second-order valence-corrected chi connectivity index (χ2v) is 5.66. The third-order valence-corrected chi connectivity index (χ3v) is 4.06. The van der Waals surface area contributed by atoms with Crippen molar-refractivity contribution in [2.24, 2.45) is 0 Å². The fraction of sp³-hybridized carbons (Fsp3) is 0.308. The van der Waals surface area contributed by atoms with Crippen molar-refractivity contribution in [3.63, 3.8) is 0 Å². The Kier molecular flexibility index (Phi) is 3.95. The number of carbonyl (C=O) groups excluding carboxylic acids is 1. The molecule has 20 heavy (non-hydrogen) atoms. The number of halogens is 1. The van der Waals surface area contributed by atoms with Crippen molar-refractivity contribution >= 4 is 35.0 Å². The molecule has 0 aromatic carbocycles. The van der Waals surface area contributed by atoms with Crippen LogP contribution in [0.4, 0.5) is 5.82 Å². The second kappa shape index (κ2) is 5.87. The molecule has 0 bridgehead atoms. The lowest BCUT2D eigenvalue weighted by Crippen LogP contribution is -2.36. The molecule has 0 aliphatic carbocycles. The van der Waals surface area contributed by atoms with Gasteiger partial charge in [0.25, 0.3) is 0 Å². The highest BCUT2D eigenvalue weighted by Gasteiger charge is 2.15. The van der Waals surface area contributed by atoms with Crippen molar-refractivity contribution < 1.29 is 9.53 Å². The lowest BCUT2D eigenvalue weighted by Gasteiger charge is -2.27. The van der Waals surface area contributed by atoms with Crippen molar-refractivity contribution in [2.45, 2.75) is 0 Å². The average Bonchev–Trinajstić information content (AvgIpc) is 2.96. The number of hydrogen-bond donors (Lipinski definition) is 0. The van der Waals surface area contributed by atoms with Crippen LogP contribution >= 0.6 is 22.9 Å². The van der Waals surface area contributed by atoms with Crippen LogP contribution in [-0.2, 0) is 4.74 Å². The van der Waals surface area contributed by atoms with Gasteiger partial charge >= 0.3 is 0 Å². The Balaban J connectivity index is 1.95. The number of rotatable bonds is 3. The van der Waals surface area contributed by atoms with Crippen LogP contribution in [-0.4, -0.2) is 42.6 Å². The minimum absolute atomic E-state index is 0.398. The minimum atomic E-state index is 0.398. The molecule has 0 spiro atoms. The molecule has 1 fully saturated rings. The SMILES string of the molecule is O=Cc1cc(-c2nc(Cl)cc(N3CCOCC3)n2)cs1. The van der Waals surface area contributed by atoms with Crippen molar-refractivity contribution in [3.8, 4) is 11.4 Å². The normalized spacial score (nSPS) is 15.3. The molecular formula is C13H12ClN3O2S. The first kappa shape index (κ1) is 13.5. The summed E-state index contributed by atoms with van der Waals surface area (Å²) < 4.78 is 5.33. The first-order chi connectivity index (χ1) is 9.76. The predicted molar refractivity (Wildman–Crippen MR) is 78.8 cm³/mol. The predicted octanol–water partition coefficient (Wildman–Crippen LogP) is 2.51. The van der Waals surface area contributed by atoms with E-state index in [1.807, 2.05) is 5.38 Å². The zero-order chi connectivity index (χ0) is 13.9. The molecule has 5 nitrogen and oxygen atoms in total. The van der Waals surface area contributed by atoms with Crippen LogP contribution in [0.3, 0.4) is 0 Å². The Morgan fingerprint density at radius 1 is 1.30 bits per heavy atom. The Morgan fingerprint density at radius 2 is 2.10 bits per heavy atom. The van der Waals surface area contributed by atoms with Crippen LogP contribution in [0.5, 0.6) is 0 Å². The smallest absolute Gasteiger partial charge is 0.164 e. The average molecular weight is 310 g/mol. The van der Waals surface area contributed by atoms with E-state index >= 15 is 0 Å². The van der Waals surface area contributed by atoms with Crippen LogP contribution in [0.25, 0.3) is 11.4 Å². The van der Waals surface area contributed by atoms with Crippen molar-refractivity contribution in [2.75, 3.05) is 31.2 Å². The molecular weight excluding hydrogens is 298 g/mol. The topological polar surface area (TPSA) is 55.3 Å². The summed E-state index contributed by atoms with van der Waals surface area (Å²) in [7, 11) is 0. The number of morpholine rings is 1. The zero-order valence-electron chi connectivity index (χ0n) is 10.6. The molecule has 1 aliphatic rings. The quantitative estimate of drug-likeness (QED) is 0.644. The summed E-state index contributed by atoms with van der Waals surface area (Å²) >= 11 is 7.45. The number of aldehydes is 1. The second-order valence-electron chi connectivity index (χ2n) is 4.33. The summed E-state index contributed by atoms with van der Waals surface area (Å²) in [4.78, 5) is 22.3. The Morgan fingerprint density at radius 3 is 2.80 bits per heavy atom. The van der Waals surface area contributed by atoms with Gasteiger partial charge < -0.3 is 9.64 Å². The van der Waals surface area contributed by atoms with Gasteiger partial charge in [0.2, 0.25) is 0 Å². The van der Waals surface area contributed by atoms with E-state index in [4.69, 9.17) is 16.3 Å². The number of hydrogen-bond acceptors (Lipinski definition) is 6. The maximum atomic E-state index is 10.8. The van der Waals surface area contributed by atoms with Gasteiger partial charge in [-0.1, -0.05) is 11.6 Å². The van der Waals surface area contributed by atoms with E-state index in [1.54, 1.807) is 12.1 Å². The molecule has 0 saturated carbocycles. The molecule has 104 valence electrons. The highest BCUT2D eigenvalue weighted by atomic mass is 35.5. The number of ether oxygens (including phenoxy) is 1. The molecule has 3 heterocycles. The van der Waals surface area contributed by atoms with Crippen LogP contribution in [0, 0.1) is 0 Å². The summed E-state index contributed by atoms with van der Waals surface area (Å²) in [5, 5.41) is 2.26. The summed E-state index contributed by atoms with van der Waals surface area (Å²) in [6, 6.07) is 3.52. The summed E-state index contributed by atoms with van der Waals surface area (Å²) in [5.41, 5.74) is 0.814. The molecule has 2 aromatic heterocycles. The van der Waals surface area contributed by atoms with Crippen LogP contribution < -0.4 is 4.90 Å². The van der Waals surface area contributed by atoms with E-state index in [0.717, 1.165) is 30.8 Å². The molecule has 0 atom stereocenters. The molecule has 3 rings (SSSR count). The first-order valence-electron chi connectivity index (χ1n) is 6.17. The van der Waals surface area contributed by atoms with Gasteiger partial charge in [-0.25, -0.2) is 9.97 Å². The maximum Gasteiger partial charge on any atom is 0.164 e. The highest BCUT2D eigenvalue weighted by Crippen LogP contribution is 2.26. The highest BCUT2D eigenvalue weighted by molar-refractivity contribution is 7.12. The van der Waals surface area contributed by atoms with Gasteiger partial charge in [-0.3, -0.25) is 4.79 Å². The fourth-order valence-electron chi connectivity index (χ4n) is 2.02. The molecule has 1 aliphatic heterocycles. The van der Waals surface area contributed by atoms with Gasteiger partial charge in [0.1, 0.15) is 11.0 Å². The third kappa shape index (κ3) is 2.82. The number of anilines is 1. The Labute approximate surface area is 125 Å². The molecule has 1 saturated heterocycles. The van der Waals surface area contributed by atoms with Gasteiger partial charge in [0.15, 0.2) is 12.1 Å². The number of nitrogens with zero attached hydrogens (tertiary/aromatic N) is 3. The molecule has 0 radical (unpaired) electrons. The first-order valence-corrected chi connectivity index (χ1v) is 7.43. The van der Waals surface area contributed by atoms with Gasteiger partial charge in [-0.05, 0) is 6.07 Å². The zero-order valence-corrected chi connectivity index (χ0v) is 12.2. The molecule has 0 N–H and O–H groups in total. The van der Waals surface area contributed by atoms with Crippen molar-refractivity contribution in [1.29, 1.82) is 0 Å². The van der Waals surface area contributed by atoms with E-state index in [0.29, 0.717) is 29.1 Å². The van der Waals surface area contributed by atoms with Crippen molar-refractivity contribution in [3.05, 3.63) is 27.5 Å². The van der Waals surface area contributed by atoms with E-state index in [1.165, 1.54) is 11.3 Å². The van der Waals surface area contributed by atoms with Crippen LogP contribution in [0.15, 0.2) is 17.5 Å². The van der Waals surface area contributed by atoms with Crippen molar-refractivity contribution in [1.82, 2.24) is 9.97 Å². The van der Waals surface area contributed by atoms with E-state index in [2.05, 4.69) is 14.9 Å². The molecule has 7 heteroatoms. The fourth-order valence-corrected chi connectivity index (χ4v) is 2.89. The lowest BCUT2D eigenvalue weighted by atomic mass is 10.3. The van der Waals surface area contributed by atoms with Crippen LogP contribution in [0.1, 0.15) is 9.67 Å². The summed E-state index contributed by atoms with van der Waals surface area (Å²) in [6.45, 7) is 2.95. The van der Waals surface area contributed by atoms with Gasteiger partial charge in [0.05, 0.1) is 18.1 Å². The molecule has 0 amide bonds. The molecule has 0 unspecified atom stereocenters. The van der Waals surface area contributed by atoms with Gasteiger partial charge in [-0.2, -0.15) is 0 Å². The molecule has 2 aromatic rings. The van der Waals surface area contributed by atoms with E-state index in [9.17, 15) is 4.79 Å². The van der Waals surface area contributed by atoms with Gasteiger partial charge in [0, 0.05) is 30.1 Å². The summed E-state index contributed by atoms with van der Waals surface area (Å²) in [6.07, 6.45) is 0.821. The Bertz CT molecular complexity index is 626. The largest absolute Gasteiger partial charge is 0.378 e. The number of thiophene rings is 1. The monoisotopic (exact) mass is 309 g/mol. The van der Waals surface area contributed by atoms with Crippen LogP contribution in [0.2, 0.25) is 5.15 Å². The minimum Gasteiger partial charge on any atom is -0.378 e. The Hall–Kier alpha value is -1.50. The number of aromatic nitrogens is 2. The lowest BCUT2D eigenvalue weighted by molar-refractivity contribution is 0.112. The standard InChI is InChI=1S/C13H12ClN3O2S/c14-11-6-12(17-1-3-19-4-2-17)16-13(15-11)9-5-10(7-18)20-8-9/h5-8H,1-4H2. The van der Waals surface area contributed by atoms with E-state index in [-0.39, 0.29) is 0 Å². The van der Waals surface area contributed by atoms with Gasteiger partial charge in [-0.15, -0.1) is 11.3 Å².